The van der Waals surface area contributed by atoms with Crippen LogP contribution in [0.15, 0.2) is 18.2 Å². The molecule has 0 aromatic heterocycles. The Morgan fingerprint density at radius 1 is 1.56 bits per heavy atom. The molecule has 2 nitrogen and oxygen atoms in total. The number of rotatable bonds is 5. The molecule has 0 amide bonds. The highest BCUT2D eigenvalue weighted by molar-refractivity contribution is 7.98. The van der Waals surface area contributed by atoms with Gasteiger partial charge in [0.25, 0.3) is 0 Å². The molecular weight excluding hydrogens is 225 g/mol. The molecule has 0 fully saturated rings. The second kappa shape index (κ2) is 5.89. The first-order chi connectivity index (χ1) is 7.61. The van der Waals surface area contributed by atoms with Crippen LogP contribution in [0.5, 0.6) is 0 Å². The van der Waals surface area contributed by atoms with Crippen LogP contribution in [0.4, 0.5) is 10.1 Å². The van der Waals surface area contributed by atoms with Gasteiger partial charge in [-0.2, -0.15) is 11.8 Å². The topological polar surface area (TPSA) is 20.3 Å². The monoisotopic (exact) mass is 241 g/mol. The van der Waals surface area contributed by atoms with E-state index < -0.39 is 0 Å². The third-order valence-electron chi connectivity index (χ3n) is 2.57. The number of carbonyl (C=O) groups is 1. The zero-order valence-corrected chi connectivity index (χ0v) is 10.6. The largest absolute Gasteiger partial charge is 0.368 e. The molecule has 0 N–H and O–H groups in total. The highest BCUT2D eigenvalue weighted by Crippen LogP contribution is 2.24. The lowest BCUT2D eigenvalue weighted by atomic mass is 10.1. The summed E-state index contributed by atoms with van der Waals surface area (Å²) < 4.78 is 13.7. The van der Waals surface area contributed by atoms with Gasteiger partial charge in [-0.3, -0.25) is 4.79 Å². The van der Waals surface area contributed by atoms with Crippen molar-refractivity contribution in [1.82, 2.24) is 0 Å². The lowest BCUT2D eigenvalue weighted by Gasteiger charge is -2.27. The molecule has 88 valence electrons. The molecule has 0 bridgehead atoms. The van der Waals surface area contributed by atoms with Crippen LogP contribution in [0.3, 0.4) is 0 Å². The highest BCUT2D eigenvalue weighted by atomic mass is 32.2. The number of hydrogen-bond donors (Lipinski definition) is 0. The molecule has 0 spiro atoms. The molecule has 1 unspecified atom stereocenters. The molecule has 0 aliphatic heterocycles. The Balaban J connectivity index is 3.06. The zero-order valence-electron chi connectivity index (χ0n) is 9.74. The number of anilines is 1. The van der Waals surface area contributed by atoms with Gasteiger partial charge in [0.15, 0.2) is 6.29 Å². The lowest BCUT2D eigenvalue weighted by molar-refractivity contribution is 0.112. The van der Waals surface area contributed by atoms with Crippen molar-refractivity contribution in [2.45, 2.75) is 13.0 Å². The molecule has 1 aromatic carbocycles. The molecular formula is C12H16FNOS. The number of thioether (sulfide) groups is 1. The van der Waals surface area contributed by atoms with E-state index in [2.05, 4.69) is 0 Å². The molecule has 0 aliphatic carbocycles. The maximum atomic E-state index is 13.7. The van der Waals surface area contributed by atoms with Gasteiger partial charge >= 0.3 is 0 Å². The maximum absolute atomic E-state index is 13.7. The molecule has 0 heterocycles. The van der Waals surface area contributed by atoms with Gasteiger partial charge in [0.2, 0.25) is 0 Å². The minimum absolute atomic E-state index is 0.186. The van der Waals surface area contributed by atoms with Crippen molar-refractivity contribution in [2.75, 3.05) is 24.0 Å². The predicted molar refractivity (Wildman–Crippen MR) is 68.0 cm³/mol. The van der Waals surface area contributed by atoms with Crippen molar-refractivity contribution in [1.29, 1.82) is 0 Å². The van der Waals surface area contributed by atoms with Crippen LogP contribution in [0.25, 0.3) is 0 Å². The summed E-state index contributed by atoms with van der Waals surface area (Å²) in [6.07, 6.45) is 2.70. The van der Waals surface area contributed by atoms with E-state index in [0.717, 1.165) is 5.75 Å². The SMILES string of the molecule is CSCC(C)N(C)c1c(F)cccc1C=O. The smallest absolute Gasteiger partial charge is 0.152 e. The van der Waals surface area contributed by atoms with Crippen LogP contribution in [-0.4, -0.2) is 31.4 Å². The van der Waals surface area contributed by atoms with E-state index in [1.165, 1.54) is 6.07 Å². The number of carbonyl (C=O) groups excluding carboxylic acids is 1. The van der Waals surface area contributed by atoms with Crippen LogP contribution in [-0.2, 0) is 0 Å². The molecule has 0 saturated heterocycles. The Kier molecular flexibility index (Phi) is 4.80. The van der Waals surface area contributed by atoms with E-state index in [4.69, 9.17) is 0 Å². The van der Waals surface area contributed by atoms with Crippen molar-refractivity contribution in [3.8, 4) is 0 Å². The number of hydrogen-bond acceptors (Lipinski definition) is 3. The summed E-state index contributed by atoms with van der Waals surface area (Å²) in [7, 11) is 1.81. The Morgan fingerprint density at radius 3 is 2.81 bits per heavy atom. The molecule has 4 heteroatoms. The van der Waals surface area contributed by atoms with Gasteiger partial charge in [-0.1, -0.05) is 6.07 Å². The van der Waals surface area contributed by atoms with Crippen LogP contribution < -0.4 is 4.90 Å². The Bertz CT molecular complexity index is 370. The fourth-order valence-electron chi connectivity index (χ4n) is 1.57. The average Bonchev–Trinajstić information content (AvgIpc) is 2.28. The van der Waals surface area contributed by atoms with Gasteiger partial charge in [0.1, 0.15) is 5.82 Å². The highest BCUT2D eigenvalue weighted by Gasteiger charge is 2.16. The van der Waals surface area contributed by atoms with Crippen molar-refractivity contribution in [3.63, 3.8) is 0 Å². The second-order valence-corrected chi connectivity index (χ2v) is 4.62. The van der Waals surface area contributed by atoms with Gasteiger partial charge in [-0.05, 0) is 25.3 Å². The first-order valence-electron chi connectivity index (χ1n) is 5.07. The summed E-state index contributed by atoms with van der Waals surface area (Å²) in [5.41, 5.74) is 0.787. The molecule has 0 saturated carbocycles. The van der Waals surface area contributed by atoms with E-state index in [-0.39, 0.29) is 11.9 Å². The Hall–Kier alpha value is -1.03. The third-order valence-corrected chi connectivity index (χ3v) is 3.38. The Morgan fingerprint density at radius 2 is 2.25 bits per heavy atom. The third kappa shape index (κ3) is 2.76. The number of para-hydroxylation sites is 1. The van der Waals surface area contributed by atoms with Crippen molar-refractivity contribution in [3.05, 3.63) is 29.6 Å². The normalized spacial score (nSPS) is 12.2. The van der Waals surface area contributed by atoms with E-state index in [0.29, 0.717) is 17.5 Å². The first kappa shape index (κ1) is 13.0. The fourth-order valence-corrected chi connectivity index (χ4v) is 2.28. The molecule has 0 radical (unpaired) electrons. The van der Waals surface area contributed by atoms with Gasteiger partial charge in [0.05, 0.1) is 5.69 Å². The van der Waals surface area contributed by atoms with E-state index in [1.807, 2.05) is 25.1 Å². The van der Waals surface area contributed by atoms with Crippen molar-refractivity contribution >= 4 is 23.7 Å². The van der Waals surface area contributed by atoms with E-state index in [1.54, 1.807) is 23.9 Å². The quantitative estimate of drug-likeness (QED) is 0.739. The van der Waals surface area contributed by atoms with Crippen LogP contribution >= 0.6 is 11.8 Å². The van der Waals surface area contributed by atoms with E-state index in [9.17, 15) is 9.18 Å². The van der Waals surface area contributed by atoms with Crippen molar-refractivity contribution in [2.24, 2.45) is 0 Å². The first-order valence-corrected chi connectivity index (χ1v) is 6.46. The molecule has 16 heavy (non-hydrogen) atoms. The fraction of sp³-hybridized carbons (Fsp3) is 0.417. The number of nitrogens with zero attached hydrogens (tertiary/aromatic N) is 1. The minimum atomic E-state index is -0.347. The second-order valence-electron chi connectivity index (χ2n) is 3.71. The number of benzene rings is 1. The Labute approximate surface area is 99.8 Å². The summed E-state index contributed by atoms with van der Waals surface area (Å²) >= 11 is 1.70. The standard InChI is InChI=1S/C12H16FNOS/c1-9(8-16-3)14(2)12-10(7-15)5-4-6-11(12)13/h4-7,9H,8H2,1-3H3. The minimum Gasteiger partial charge on any atom is -0.368 e. The zero-order chi connectivity index (χ0) is 12.1. The van der Waals surface area contributed by atoms with Crippen LogP contribution in [0, 0.1) is 5.82 Å². The molecule has 1 aromatic rings. The summed E-state index contributed by atoms with van der Waals surface area (Å²) in [4.78, 5) is 12.7. The lowest BCUT2D eigenvalue weighted by Crippen LogP contribution is -2.32. The maximum Gasteiger partial charge on any atom is 0.152 e. The average molecular weight is 241 g/mol. The molecule has 1 atom stereocenters. The summed E-state index contributed by atoms with van der Waals surface area (Å²) in [6, 6.07) is 4.75. The summed E-state index contributed by atoms with van der Waals surface area (Å²) in [6.45, 7) is 2.01. The summed E-state index contributed by atoms with van der Waals surface area (Å²) in [5, 5.41) is 0. The van der Waals surface area contributed by atoms with Gasteiger partial charge < -0.3 is 4.90 Å². The molecule has 1 rings (SSSR count). The summed E-state index contributed by atoms with van der Waals surface area (Å²) in [5.74, 6) is 0.545. The van der Waals surface area contributed by atoms with Gasteiger partial charge in [-0.25, -0.2) is 4.39 Å². The molecule has 0 aliphatic rings. The van der Waals surface area contributed by atoms with Crippen molar-refractivity contribution < 1.29 is 9.18 Å². The number of aldehydes is 1. The van der Waals surface area contributed by atoms with E-state index >= 15 is 0 Å². The van der Waals surface area contributed by atoms with Gasteiger partial charge in [0, 0.05) is 24.4 Å². The predicted octanol–water partition coefficient (Wildman–Crippen LogP) is 2.83. The van der Waals surface area contributed by atoms with Crippen LogP contribution in [0.2, 0.25) is 0 Å². The van der Waals surface area contributed by atoms with Gasteiger partial charge in [-0.15, -0.1) is 0 Å². The van der Waals surface area contributed by atoms with Crippen LogP contribution in [0.1, 0.15) is 17.3 Å². The number of halogens is 1.